The van der Waals surface area contributed by atoms with Crippen LogP contribution in [0.4, 0.5) is 0 Å². The van der Waals surface area contributed by atoms with Gasteiger partial charge in [-0.15, -0.1) is 0 Å². The molecule has 0 saturated heterocycles. The highest BCUT2D eigenvalue weighted by Crippen LogP contribution is 2.38. The second-order valence-corrected chi connectivity index (χ2v) is 4.20. The third-order valence-electron chi connectivity index (χ3n) is 2.05. The van der Waals surface area contributed by atoms with Gasteiger partial charge in [-0.2, -0.15) is 0 Å². The molecule has 0 radical (unpaired) electrons. The van der Waals surface area contributed by atoms with Crippen LogP contribution < -0.4 is 9.47 Å². The molecule has 0 aliphatic heterocycles. The summed E-state index contributed by atoms with van der Waals surface area (Å²) in [5.41, 5.74) is 2.14. The fourth-order valence-corrected chi connectivity index (χ4v) is 2.22. The first kappa shape index (κ1) is 11.9. The third kappa shape index (κ3) is 2.06. The highest BCUT2D eigenvalue weighted by atomic mass is 79.9. The summed E-state index contributed by atoms with van der Waals surface area (Å²) in [5, 5.41) is 0.751. The minimum atomic E-state index is 0.751. The lowest BCUT2D eigenvalue weighted by atomic mass is 10.1. The van der Waals surface area contributed by atoms with Crippen molar-refractivity contribution >= 4 is 31.9 Å². The molecule has 4 heteroatoms. The summed E-state index contributed by atoms with van der Waals surface area (Å²) in [6.07, 6.45) is 0. The maximum atomic E-state index is 5.33. The maximum absolute atomic E-state index is 5.33. The van der Waals surface area contributed by atoms with Gasteiger partial charge >= 0.3 is 0 Å². The molecule has 0 bridgehead atoms. The molecule has 78 valence electrons. The van der Waals surface area contributed by atoms with Crippen LogP contribution in [0.3, 0.4) is 0 Å². The number of methoxy groups -OCH3 is 2. The van der Waals surface area contributed by atoms with E-state index in [-0.39, 0.29) is 0 Å². The lowest BCUT2D eigenvalue weighted by Crippen LogP contribution is -1.96. The van der Waals surface area contributed by atoms with Crippen LogP contribution in [0.5, 0.6) is 11.5 Å². The minimum absolute atomic E-state index is 0.751. The molecule has 1 aromatic rings. The van der Waals surface area contributed by atoms with Crippen molar-refractivity contribution in [1.82, 2.24) is 0 Å². The van der Waals surface area contributed by atoms with Gasteiger partial charge in [0.15, 0.2) is 0 Å². The van der Waals surface area contributed by atoms with Gasteiger partial charge in [0.2, 0.25) is 0 Å². The molecule has 0 aliphatic rings. The summed E-state index contributed by atoms with van der Waals surface area (Å²) in [6, 6.07) is 1.96. The largest absolute Gasteiger partial charge is 0.496 e. The van der Waals surface area contributed by atoms with Crippen molar-refractivity contribution < 1.29 is 9.47 Å². The number of hydrogen-bond acceptors (Lipinski definition) is 2. The minimum Gasteiger partial charge on any atom is -0.496 e. The molecule has 2 nitrogen and oxygen atoms in total. The summed E-state index contributed by atoms with van der Waals surface area (Å²) in [6.45, 7) is 2.00. The molecule has 1 rings (SSSR count). The predicted octanol–water partition coefficient (Wildman–Crippen LogP) is 3.67. The second-order valence-electron chi connectivity index (χ2n) is 2.84. The zero-order valence-electron chi connectivity index (χ0n) is 8.36. The van der Waals surface area contributed by atoms with Crippen molar-refractivity contribution in [1.29, 1.82) is 0 Å². The van der Waals surface area contributed by atoms with E-state index in [1.165, 1.54) is 0 Å². The van der Waals surface area contributed by atoms with Gasteiger partial charge in [-0.25, -0.2) is 0 Å². The molecule has 0 aliphatic carbocycles. The zero-order chi connectivity index (χ0) is 10.7. The molecular formula is C10H12Br2O2. The van der Waals surface area contributed by atoms with E-state index in [2.05, 4.69) is 31.9 Å². The van der Waals surface area contributed by atoms with Gasteiger partial charge in [0.05, 0.1) is 18.7 Å². The molecule has 0 aromatic heterocycles. The lowest BCUT2D eigenvalue weighted by molar-refractivity contribution is 0.395. The average molecular weight is 324 g/mol. The van der Waals surface area contributed by atoms with Crippen LogP contribution in [0, 0.1) is 6.92 Å². The van der Waals surface area contributed by atoms with Gasteiger partial charge < -0.3 is 9.47 Å². The molecule has 14 heavy (non-hydrogen) atoms. The predicted molar refractivity (Wildman–Crippen MR) is 64.6 cm³/mol. The van der Waals surface area contributed by atoms with E-state index >= 15 is 0 Å². The first-order chi connectivity index (χ1) is 6.65. The van der Waals surface area contributed by atoms with E-state index in [1.54, 1.807) is 14.2 Å². The molecule has 0 unspecified atom stereocenters. The average Bonchev–Trinajstić information content (AvgIpc) is 2.21. The Morgan fingerprint density at radius 1 is 1.29 bits per heavy atom. The van der Waals surface area contributed by atoms with Crippen LogP contribution in [0.15, 0.2) is 10.5 Å². The summed E-state index contributed by atoms with van der Waals surface area (Å²) in [7, 11) is 3.33. The molecule has 0 fully saturated rings. The molecule has 0 N–H and O–H groups in total. The Bertz CT molecular complexity index is 337. The first-order valence-electron chi connectivity index (χ1n) is 4.11. The van der Waals surface area contributed by atoms with Crippen LogP contribution in [-0.4, -0.2) is 14.2 Å². The number of benzene rings is 1. The standard InChI is InChI=1S/C10H12Br2O2/c1-6-9(12)8(13-2)4-7(5-11)10(6)14-3/h4H,5H2,1-3H3. The number of rotatable bonds is 3. The summed E-state index contributed by atoms with van der Waals surface area (Å²) < 4.78 is 11.5. The smallest absolute Gasteiger partial charge is 0.133 e. The Labute approximate surface area is 101 Å². The summed E-state index contributed by atoms with van der Waals surface area (Å²) >= 11 is 6.90. The van der Waals surface area contributed by atoms with Crippen molar-refractivity contribution in [3.8, 4) is 11.5 Å². The van der Waals surface area contributed by atoms with Crippen LogP contribution in [-0.2, 0) is 5.33 Å². The lowest BCUT2D eigenvalue weighted by Gasteiger charge is -2.14. The van der Waals surface area contributed by atoms with Gasteiger partial charge in [-0.05, 0) is 28.9 Å². The van der Waals surface area contributed by atoms with Crippen LogP contribution in [0.2, 0.25) is 0 Å². The number of ether oxygens (including phenoxy) is 2. The zero-order valence-corrected chi connectivity index (χ0v) is 11.5. The molecule has 0 atom stereocenters. The molecule has 0 saturated carbocycles. The quantitative estimate of drug-likeness (QED) is 0.790. The highest BCUT2D eigenvalue weighted by molar-refractivity contribution is 9.10. The van der Waals surface area contributed by atoms with E-state index in [0.717, 1.165) is 32.4 Å². The Hall–Kier alpha value is -0.220. The van der Waals surface area contributed by atoms with E-state index < -0.39 is 0 Å². The Morgan fingerprint density at radius 3 is 2.36 bits per heavy atom. The van der Waals surface area contributed by atoms with Crippen LogP contribution >= 0.6 is 31.9 Å². The number of alkyl halides is 1. The topological polar surface area (TPSA) is 18.5 Å². The summed E-state index contributed by atoms with van der Waals surface area (Å²) in [4.78, 5) is 0. The normalized spacial score (nSPS) is 10.1. The summed E-state index contributed by atoms with van der Waals surface area (Å²) in [5.74, 6) is 1.73. The van der Waals surface area contributed by atoms with Gasteiger partial charge in [0.25, 0.3) is 0 Å². The number of hydrogen-bond donors (Lipinski definition) is 0. The van der Waals surface area contributed by atoms with Crippen LogP contribution in [0.25, 0.3) is 0 Å². The second kappa shape index (κ2) is 5.03. The van der Waals surface area contributed by atoms with Gasteiger partial charge in [-0.1, -0.05) is 15.9 Å². The molecule has 1 aromatic carbocycles. The Kier molecular flexibility index (Phi) is 4.26. The van der Waals surface area contributed by atoms with Crippen molar-refractivity contribution in [2.45, 2.75) is 12.3 Å². The highest BCUT2D eigenvalue weighted by Gasteiger charge is 2.13. The fourth-order valence-electron chi connectivity index (χ4n) is 1.34. The van der Waals surface area contributed by atoms with Crippen molar-refractivity contribution in [3.05, 3.63) is 21.7 Å². The van der Waals surface area contributed by atoms with Gasteiger partial charge in [-0.3, -0.25) is 0 Å². The van der Waals surface area contributed by atoms with E-state index in [1.807, 2.05) is 13.0 Å². The fraction of sp³-hybridized carbons (Fsp3) is 0.400. The molecule has 0 amide bonds. The maximum Gasteiger partial charge on any atom is 0.133 e. The van der Waals surface area contributed by atoms with Crippen LogP contribution in [0.1, 0.15) is 11.1 Å². The first-order valence-corrected chi connectivity index (χ1v) is 6.03. The van der Waals surface area contributed by atoms with Gasteiger partial charge in [0.1, 0.15) is 11.5 Å². The van der Waals surface area contributed by atoms with E-state index in [4.69, 9.17) is 9.47 Å². The molecule has 0 heterocycles. The molecular weight excluding hydrogens is 312 g/mol. The van der Waals surface area contributed by atoms with E-state index in [0.29, 0.717) is 0 Å². The Morgan fingerprint density at radius 2 is 1.93 bits per heavy atom. The van der Waals surface area contributed by atoms with Crippen molar-refractivity contribution in [2.24, 2.45) is 0 Å². The monoisotopic (exact) mass is 322 g/mol. The Balaban J connectivity index is 3.38. The molecule has 0 spiro atoms. The third-order valence-corrected chi connectivity index (χ3v) is 3.64. The van der Waals surface area contributed by atoms with E-state index in [9.17, 15) is 0 Å². The van der Waals surface area contributed by atoms with Crippen molar-refractivity contribution in [2.75, 3.05) is 14.2 Å². The number of halogens is 2. The van der Waals surface area contributed by atoms with Crippen molar-refractivity contribution in [3.63, 3.8) is 0 Å². The van der Waals surface area contributed by atoms with Gasteiger partial charge in [0, 0.05) is 16.5 Å². The SMILES string of the molecule is COc1cc(CBr)c(OC)c(C)c1Br.